The summed E-state index contributed by atoms with van der Waals surface area (Å²) in [6.07, 6.45) is 9.98. The van der Waals surface area contributed by atoms with Crippen molar-refractivity contribution < 1.29 is 46.6 Å². The Morgan fingerprint density at radius 2 is 0.889 bits per heavy atom. The summed E-state index contributed by atoms with van der Waals surface area (Å²) in [4.78, 5) is 0. The molecule has 0 unspecified atom stereocenters. The molecule has 160 valence electrons. The van der Waals surface area contributed by atoms with E-state index >= 15 is 0 Å². The molecule has 0 saturated carbocycles. The fraction of sp³-hybridized carbons (Fsp3) is 0.727. The summed E-state index contributed by atoms with van der Waals surface area (Å²) in [6, 6.07) is 9.52. The minimum absolute atomic E-state index is 0. The first-order chi connectivity index (χ1) is 12.7. The SMILES string of the molecule is CCCCCO.CCCCCO.CCCCCO.OCc1ccccc1.[Zr]. The number of hydrogen-bond donors (Lipinski definition) is 4. The average Bonchev–Trinajstić information content (AvgIpc) is 2.71. The molecule has 1 aromatic carbocycles. The van der Waals surface area contributed by atoms with E-state index in [-0.39, 0.29) is 32.8 Å². The van der Waals surface area contributed by atoms with Crippen molar-refractivity contribution in [1.29, 1.82) is 0 Å². The van der Waals surface area contributed by atoms with Gasteiger partial charge < -0.3 is 20.4 Å². The maximum atomic E-state index is 8.54. The molecule has 5 heteroatoms. The van der Waals surface area contributed by atoms with Crippen LogP contribution in [0.2, 0.25) is 0 Å². The molecular weight excluding hydrogens is 419 g/mol. The molecule has 0 heterocycles. The second-order valence-corrected chi connectivity index (χ2v) is 5.94. The van der Waals surface area contributed by atoms with E-state index < -0.39 is 0 Å². The maximum Gasteiger partial charge on any atom is 0.0681 e. The van der Waals surface area contributed by atoms with Crippen LogP contribution in [-0.2, 0) is 32.8 Å². The molecule has 0 bridgehead atoms. The molecule has 0 aliphatic rings. The number of unbranched alkanes of at least 4 members (excludes halogenated alkanes) is 6. The van der Waals surface area contributed by atoms with Crippen LogP contribution in [0.3, 0.4) is 0 Å². The van der Waals surface area contributed by atoms with Crippen LogP contribution in [-0.4, -0.2) is 40.2 Å². The Bertz CT molecular complexity index is 279. The van der Waals surface area contributed by atoms with Crippen molar-refractivity contribution in [2.24, 2.45) is 0 Å². The van der Waals surface area contributed by atoms with Crippen LogP contribution in [0.25, 0.3) is 0 Å². The average molecular weight is 464 g/mol. The Hall–Kier alpha value is -0.0569. The number of aliphatic hydroxyl groups excluding tert-OH is 4. The van der Waals surface area contributed by atoms with Gasteiger partial charge in [0, 0.05) is 46.0 Å². The van der Waals surface area contributed by atoms with Crippen molar-refractivity contribution in [3.8, 4) is 0 Å². The predicted octanol–water partition coefficient (Wildman–Crippen LogP) is 4.68. The van der Waals surface area contributed by atoms with Gasteiger partial charge in [0.2, 0.25) is 0 Å². The van der Waals surface area contributed by atoms with Gasteiger partial charge in [0.25, 0.3) is 0 Å². The maximum absolute atomic E-state index is 8.54. The van der Waals surface area contributed by atoms with E-state index in [1.165, 1.54) is 19.3 Å². The summed E-state index contributed by atoms with van der Waals surface area (Å²) in [7, 11) is 0. The van der Waals surface area contributed by atoms with Gasteiger partial charge in [-0.3, -0.25) is 0 Å². The molecule has 0 aromatic heterocycles. The number of rotatable bonds is 10. The Morgan fingerprint density at radius 1 is 0.556 bits per heavy atom. The van der Waals surface area contributed by atoms with Crippen molar-refractivity contribution in [2.75, 3.05) is 19.8 Å². The quantitative estimate of drug-likeness (QED) is 0.380. The van der Waals surface area contributed by atoms with E-state index in [1.807, 2.05) is 30.3 Å². The van der Waals surface area contributed by atoms with Crippen LogP contribution < -0.4 is 0 Å². The van der Waals surface area contributed by atoms with E-state index in [4.69, 9.17) is 20.4 Å². The Balaban J connectivity index is -0.000000131. The van der Waals surface area contributed by atoms with E-state index in [9.17, 15) is 0 Å². The monoisotopic (exact) mass is 462 g/mol. The first kappa shape index (κ1) is 34.4. The van der Waals surface area contributed by atoms with Crippen LogP contribution in [0.1, 0.15) is 84.1 Å². The Kier molecular flexibility index (Phi) is 47.0. The van der Waals surface area contributed by atoms with Gasteiger partial charge in [-0.1, -0.05) is 89.6 Å². The summed E-state index contributed by atoms with van der Waals surface area (Å²) in [6.45, 7) is 7.57. The second-order valence-electron chi connectivity index (χ2n) is 5.94. The van der Waals surface area contributed by atoms with Crippen LogP contribution in [0.15, 0.2) is 30.3 Å². The third-order valence-electron chi connectivity index (χ3n) is 3.31. The normalized spacial score (nSPS) is 8.70. The van der Waals surface area contributed by atoms with Crippen molar-refractivity contribution in [3.05, 3.63) is 35.9 Å². The largest absolute Gasteiger partial charge is 0.396 e. The molecule has 27 heavy (non-hydrogen) atoms. The predicted molar refractivity (Wildman–Crippen MR) is 112 cm³/mol. The smallest absolute Gasteiger partial charge is 0.0681 e. The molecule has 4 N–H and O–H groups in total. The summed E-state index contributed by atoms with van der Waals surface area (Å²) in [5.74, 6) is 0. The van der Waals surface area contributed by atoms with Crippen molar-refractivity contribution in [1.82, 2.24) is 0 Å². The standard InChI is InChI=1S/C7H8O.3C5H12O.Zr/c8-6-7-4-2-1-3-5-7;3*1-2-3-4-5-6;/h1-5,8H,6H2;3*6H,2-5H2,1H3;. The van der Waals surface area contributed by atoms with Crippen LogP contribution in [0, 0.1) is 0 Å². The van der Waals surface area contributed by atoms with Gasteiger partial charge in [-0.25, -0.2) is 0 Å². The summed E-state index contributed by atoms with van der Waals surface area (Å²) in [5, 5.41) is 33.1. The summed E-state index contributed by atoms with van der Waals surface area (Å²) >= 11 is 0. The van der Waals surface area contributed by atoms with Crippen LogP contribution in [0.4, 0.5) is 0 Å². The van der Waals surface area contributed by atoms with E-state index in [0.29, 0.717) is 19.8 Å². The van der Waals surface area contributed by atoms with E-state index in [2.05, 4.69) is 20.8 Å². The number of hydrogen-bond acceptors (Lipinski definition) is 4. The van der Waals surface area contributed by atoms with Gasteiger partial charge in [-0.15, -0.1) is 0 Å². The third-order valence-corrected chi connectivity index (χ3v) is 3.31. The second kappa shape index (κ2) is 36.8. The summed E-state index contributed by atoms with van der Waals surface area (Å²) < 4.78 is 0. The zero-order valence-electron chi connectivity index (χ0n) is 17.9. The van der Waals surface area contributed by atoms with Crippen molar-refractivity contribution in [3.63, 3.8) is 0 Å². The van der Waals surface area contributed by atoms with Gasteiger partial charge in [-0.2, -0.15) is 0 Å². The molecule has 1 aromatic rings. The van der Waals surface area contributed by atoms with E-state index in [1.54, 1.807) is 0 Å². The molecule has 0 saturated heterocycles. The minimum Gasteiger partial charge on any atom is -0.396 e. The first-order valence-corrected chi connectivity index (χ1v) is 10.2. The molecule has 0 amide bonds. The van der Waals surface area contributed by atoms with Gasteiger partial charge in [0.1, 0.15) is 0 Å². The fourth-order valence-electron chi connectivity index (χ4n) is 1.67. The number of benzene rings is 1. The van der Waals surface area contributed by atoms with Crippen LogP contribution in [0.5, 0.6) is 0 Å². The van der Waals surface area contributed by atoms with E-state index in [0.717, 1.165) is 44.1 Å². The molecule has 0 spiro atoms. The molecule has 0 atom stereocenters. The topological polar surface area (TPSA) is 80.9 Å². The molecule has 0 fully saturated rings. The van der Waals surface area contributed by atoms with Crippen molar-refractivity contribution in [2.45, 2.75) is 85.2 Å². The van der Waals surface area contributed by atoms with Gasteiger partial charge >= 0.3 is 0 Å². The molecule has 0 radical (unpaired) electrons. The Morgan fingerprint density at radius 3 is 1.04 bits per heavy atom. The minimum atomic E-state index is 0. The molecule has 0 aliphatic heterocycles. The van der Waals surface area contributed by atoms with Gasteiger partial charge in [-0.05, 0) is 24.8 Å². The molecule has 1 rings (SSSR count). The third kappa shape index (κ3) is 41.4. The zero-order valence-corrected chi connectivity index (χ0v) is 20.3. The van der Waals surface area contributed by atoms with Crippen LogP contribution >= 0.6 is 0 Å². The van der Waals surface area contributed by atoms with Gasteiger partial charge in [0.15, 0.2) is 0 Å². The van der Waals surface area contributed by atoms with Crippen molar-refractivity contribution >= 4 is 0 Å². The molecule has 0 aliphatic carbocycles. The Labute approximate surface area is 187 Å². The first-order valence-electron chi connectivity index (χ1n) is 10.2. The molecular formula is C22H44O4Zr. The number of aliphatic hydroxyl groups is 4. The van der Waals surface area contributed by atoms with Gasteiger partial charge in [0.05, 0.1) is 6.61 Å². The fourth-order valence-corrected chi connectivity index (χ4v) is 1.67. The summed E-state index contributed by atoms with van der Waals surface area (Å²) in [5.41, 5.74) is 0.965. The zero-order chi connectivity index (χ0) is 20.3. The molecule has 4 nitrogen and oxygen atoms in total.